The van der Waals surface area contributed by atoms with Crippen molar-refractivity contribution in [3.05, 3.63) is 70.8 Å². The summed E-state index contributed by atoms with van der Waals surface area (Å²) in [6, 6.07) is 11.3. The fourth-order valence-corrected chi connectivity index (χ4v) is 2.43. The molecule has 0 aliphatic heterocycles. The highest BCUT2D eigenvalue weighted by molar-refractivity contribution is 5.96. The van der Waals surface area contributed by atoms with E-state index in [0.29, 0.717) is 0 Å². The van der Waals surface area contributed by atoms with Gasteiger partial charge in [0, 0.05) is 0 Å². The molecule has 10 nitrogen and oxygen atoms in total. The van der Waals surface area contributed by atoms with Crippen LogP contribution >= 0.6 is 0 Å². The van der Waals surface area contributed by atoms with Crippen LogP contribution in [0.3, 0.4) is 0 Å². The van der Waals surface area contributed by atoms with Crippen LogP contribution in [0.15, 0.2) is 48.5 Å². The third-order valence-corrected chi connectivity index (χ3v) is 3.87. The highest BCUT2D eigenvalue weighted by Gasteiger charge is 2.14. The van der Waals surface area contributed by atoms with Crippen molar-refractivity contribution in [3.8, 4) is 0 Å². The van der Waals surface area contributed by atoms with Crippen LogP contribution in [0.25, 0.3) is 0 Å². The fourth-order valence-electron chi connectivity index (χ4n) is 2.43. The van der Waals surface area contributed by atoms with Gasteiger partial charge in [0.15, 0.2) is 0 Å². The van der Waals surface area contributed by atoms with E-state index in [1.54, 1.807) is 0 Å². The van der Waals surface area contributed by atoms with E-state index in [9.17, 15) is 19.2 Å². The second-order valence-electron chi connectivity index (χ2n) is 6.15. The summed E-state index contributed by atoms with van der Waals surface area (Å²) in [5.74, 6) is -2.84. The molecular weight excluding hydrogens is 424 g/mol. The lowest BCUT2D eigenvalue weighted by atomic mass is 10.1. The molecule has 2 aromatic carbocycles. The first kappa shape index (κ1) is 24.5. The van der Waals surface area contributed by atoms with Crippen molar-refractivity contribution in [3.63, 3.8) is 0 Å². The summed E-state index contributed by atoms with van der Waals surface area (Å²) in [6.45, 7) is -1.42. The lowest BCUT2D eigenvalue weighted by molar-refractivity contribution is 0.0265. The maximum atomic E-state index is 12.1. The van der Waals surface area contributed by atoms with Crippen LogP contribution in [0.1, 0.15) is 41.4 Å². The summed E-state index contributed by atoms with van der Waals surface area (Å²) in [6.07, 6.45) is 0. The van der Waals surface area contributed by atoms with Gasteiger partial charge in [0.2, 0.25) is 0 Å². The molecule has 0 radical (unpaired) electrons. The molecule has 0 aliphatic rings. The number of carbonyl (C=O) groups excluding carboxylic acids is 4. The van der Waals surface area contributed by atoms with Gasteiger partial charge in [-0.25, -0.2) is 19.2 Å². The average Bonchev–Trinajstić information content (AvgIpc) is 2.83. The number of carbonyl (C=O) groups is 4. The van der Waals surface area contributed by atoms with E-state index in [-0.39, 0.29) is 61.9 Å². The van der Waals surface area contributed by atoms with Crippen molar-refractivity contribution >= 4 is 23.9 Å². The molecule has 0 saturated heterocycles. The lowest BCUT2D eigenvalue weighted by Gasteiger charge is -2.08. The molecule has 2 N–H and O–H groups in total. The van der Waals surface area contributed by atoms with Gasteiger partial charge in [0.05, 0.1) is 35.5 Å². The molecule has 0 heterocycles. The van der Waals surface area contributed by atoms with Crippen molar-refractivity contribution in [2.45, 2.75) is 0 Å². The minimum atomic E-state index is -0.730. The minimum absolute atomic E-state index is 0.101. The first-order chi connectivity index (χ1) is 15.5. The zero-order valence-electron chi connectivity index (χ0n) is 17.0. The predicted molar refractivity (Wildman–Crippen MR) is 108 cm³/mol. The van der Waals surface area contributed by atoms with Crippen molar-refractivity contribution in [2.24, 2.45) is 0 Å². The Morgan fingerprint density at radius 2 is 0.812 bits per heavy atom. The van der Waals surface area contributed by atoms with Crippen LogP contribution in [0.4, 0.5) is 0 Å². The van der Waals surface area contributed by atoms with E-state index in [0.717, 1.165) is 0 Å². The monoisotopic (exact) mass is 446 g/mol. The van der Waals surface area contributed by atoms with Gasteiger partial charge in [-0.05, 0) is 36.4 Å². The fraction of sp³-hybridized carbons (Fsp3) is 0.273. The van der Waals surface area contributed by atoms with E-state index >= 15 is 0 Å². The second-order valence-corrected chi connectivity index (χ2v) is 6.15. The molecule has 0 aromatic heterocycles. The number of rotatable bonds is 11. The standard InChI is InChI=1S/C22H22O10/c23-7-9-29-19(25)15-3-1-5-17(13-15)21(27)31-11-12-32-22(28)18-6-2-4-16(14-18)20(26)30-10-8-24/h1-6,13-14,23-24H,7-12H2. The molecule has 0 bridgehead atoms. The van der Waals surface area contributed by atoms with E-state index in [1.807, 2.05) is 0 Å². The smallest absolute Gasteiger partial charge is 0.338 e. The Bertz CT molecular complexity index is 876. The van der Waals surface area contributed by atoms with Crippen molar-refractivity contribution < 1.29 is 48.3 Å². The van der Waals surface area contributed by atoms with Crippen LogP contribution in [0, 0.1) is 0 Å². The summed E-state index contributed by atoms with van der Waals surface area (Å²) >= 11 is 0. The Balaban J connectivity index is 1.83. The summed E-state index contributed by atoms with van der Waals surface area (Å²) < 4.78 is 19.6. The molecule has 0 atom stereocenters. The second kappa shape index (κ2) is 12.8. The third kappa shape index (κ3) is 7.49. The third-order valence-electron chi connectivity index (χ3n) is 3.87. The topological polar surface area (TPSA) is 146 Å². The zero-order valence-corrected chi connectivity index (χ0v) is 17.0. The van der Waals surface area contributed by atoms with E-state index < -0.39 is 23.9 Å². The lowest BCUT2D eigenvalue weighted by Crippen LogP contribution is -2.15. The molecule has 2 aromatic rings. The van der Waals surface area contributed by atoms with Gasteiger partial charge in [0.1, 0.15) is 26.4 Å². The molecule has 170 valence electrons. The van der Waals surface area contributed by atoms with Crippen LogP contribution in [-0.4, -0.2) is 73.7 Å². The summed E-state index contributed by atoms with van der Waals surface area (Å²) in [5, 5.41) is 17.4. The number of hydrogen-bond acceptors (Lipinski definition) is 10. The summed E-state index contributed by atoms with van der Waals surface area (Å²) in [7, 11) is 0. The molecule has 2 rings (SSSR count). The largest absolute Gasteiger partial charge is 0.460 e. The van der Waals surface area contributed by atoms with Gasteiger partial charge in [-0.15, -0.1) is 0 Å². The average molecular weight is 446 g/mol. The molecule has 0 aliphatic carbocycles. The van der Waals surface area contributed by atoms with E-state index in [4.69, 9.17) is 29.2 Å². The first-order valence-corrected chi connectivity index (χ1v) is 9.56. The highest BCUT2D eigenvalue weighted by atomic mass is 16.6. The molecule has 0 unspecified atom stereocenters. The summed E-state index contributed by atoms with van der Waals surface area (Å²) in [5.41, 5.74) is 0.446. The number of aliphatic hydroxyl groups excluding tert-OH is 2. The quantitative estimate of drug-likeness (QED) is 0.291. The van der Waals surface area contributed by atoms with Crippen molar-refractivity contribution in [1.82, 2.24) is 0 Å². The Labute approximate surface area is 183 Å². The van der Waals surface area contributed by atoms with Crippen LogP contribution in [0.2, 0.25) is 0 Å². The van der Waals surface area contributed by atoms with E-state index in [1.165, 1.54) is 48.5 Å². The molecular formula is C22H22O10. The van der Waals surface area contributed by atoms with Crippen LogP contribution in [-0.2, 0) is 18.9 Å². The number of ether oxygens (including phenoxy) is 4. The van der Waals surface area contributed by atoms with Crippen LogP contribution in [0.5, 0.6) is 0 Å². The number of aliphatic hydroxyl groups is 2. The minimum Gasteiger partial charge on any atom is -0.460 e. The SMILES string of the molecule is O=C(OCCO)c1cccc(C(=O)OCCOC(=O)c2cccc(C(=O)OCCO)c2)c1. The van der Waals surface area contributed by atoms with Gasteiger partial charge in [-0.3, -0.25) is 0 Å². The Kier molecular flexibility index (Phi) is 9.82. The molecule has 0 fully saturated rings. The van der Waals surface area contributed by atoms with Crippen molar-refractivity contribution in [2.75, 3.05) is 39.6 Å². The van der Waals surface area contributed by atoms with Crippen molar-refractivity contribution in [1.29, 1.82) is 0 Å². The molecule has 10 heteroatoms. The maximum absolute atomic E-state index is 12.1. The molecule has 32 heavy (non-hydrogen) atoms. The Morgan fingerprint density at radius 1 is 0.531 bits per heavy atom. The van der Waals surface area contributed by atoms with Gasteiger partial charge in [0.25, 0.3) is 0 Å². The Hall–Kier alpha value is -3.76. The highest BCUT2D eigenvalue weighted by Crippen LogP contribution is 2.10. The van der Waals surface area contributed by atoms with Gasteiger partial charge in [-0.2, -0.15) is 0 Å². The van der Waals surface area contributed by atoms with Gasteiger partial charge in [-0.1, -0.05) is 12.1 Å². The zero-order chi connectivity index (χ0) is 23.3. The van der Waals surface area contributed by atoms with Crippen LogP contribution < -0.4 is 0 Å². The number of esters is 4. The number of hydrogen-bond donors (Lipinski definition) is 2. The van der Waals surface area contributed by atoms with E-state index in [2.05, 4.69) is 0 Å². The number of benzene rings is 2. The maximum Gasteiger partial charge on any atom is 0.338 e. The first-order valence-electron chi connectivity index (χ1n) is 9.56. The molecule has 0 amide bonds. The molecule has 0 saturated carbocycles. The summed E-state index contributed by atoms with van der Waals surface area (Å²) in [4.78, 5) is 47.8. The normalized spacial score (nSPS) is 10.2. The van der Waals surface area contributed by atoms with Gasteiger partial charge >= 0.3 is 23.9 Å². The van der Waals surface area contributed by atoms with Gasteiger partial charge < -0.3 is 29.2 Å². The Morgan fingerprint density at radius 3 is 1.09 bits per heavy atom. The molecule has 0 spiro atoms. The predicted octanol–water partition coefficient (Wildman–Crippen LogP) is 0.999.